The first kappa shape index (κ1) is 11.0. The van der Waals surface area contributed by atoms with Crippen LogP contribution in [-0.2, 0) is 6.54 Å². The van der Waals surface area contributed by atoms with Gasteiger partial charge in [-0.3, -0.25) is 0 Å². The minimum Gasteiger partial charge on any atom is -0.399 e. The molecule has 1 aromatic heterocycles. The van der Waals surface area contributed by atoms with Crippen molar-refractivity contribution in [2.24, 2.45) is 0 Å². The number of aromatic nitrogens is 1. The molecule has 0 unspecified atom stereocenters. The molecule has 0 fully saturated rings. The molecule has 0 amide bonds. The fraction of sp³-hybridized carbons (Fsp3) is 0.0714. The lowest BCUT2D eigenvalue weighted by molar-refractivity contribution is 1.14. The number of nitrogens with two attached hydrogens (primary N) is 1. The predicted octanol–water partition coefficient (Wildman–Crippen LogP) is 3.49. The molecular weight excluding hydrogens is 242 g/mol. The number of hydrogen-bond donors (Lipinski definition) is 2. The first-order valence-corrected chi connectivity index (χ1v) is 6.57. The van der Waals surface area contributed by atoms with Crippen LogP contribution in [0.5, 0.6) is 0 Å². The first-order chi connectivity index (χ1) is 8.81. The van der Waals surface area contributed by atoms with Crippen LogP contribution in [0.15, 0.2) is 48.5 Å². The number of nitrogens with zero attached hydrogens (tertiary/aromatic N) is 1. The SMILES string of the molecule is Nc1ccc2nc(NCc3ccccc3)sc2c1. The van der Waals surface area contributed by atoms with Gasteiger partial charge in [-0.05, 0) is 23.8 Å². The van der Waals surface area contributed by atoms with Crippen molar-refractivity contribution in [1.29, 1.82) is 0 Å². The highest BCUT2D eigenvalue weighted by Crippen LogP contribution is 2.27. The third-order valence-corrected chi connectivity index (χ3v) is 3.67. The molecule has 3 nitrogen and oxygen atoms in total. The van der Waals surface area contributed by atoms with Crippen LogP contribution in [-0.4, -0.2) is 4.98 Å². The van der Waals surface area contributed by atoms with E-state index >= 15 is 0 Å². The summed E-state index contributed by atoms with van der Waals surface area (Å²) in [4.78, 5) is 4.52. The van der Waals surface area contributed by atoms with Gasteiger partial charge in [0.25, 0.3) is 0 Å². The summed E-state index contributed by atoms with van der Waals surface area (Å²) in [5.74, 6) is 0. The highest BCUT2D eigenvalue weighted by atomic mass is 32.1. The summed E-state index contributed by atoms with van der Waals surface area (Å²) in [5, 5.41) is 4.27. The van der Waals surface area contributed by atoms with Crippen LogP contribution in [0.3, 0.4) is 0 Å². The number of thiazole rings is 1. The van der Waals surface area contributed by atoms with Crippen molar-refractivity contribution >= 4 is 32.4 Å². The second kappa shape index (κ2) is 4.66. The quantitative estimate of drug-likeness (QED) is 0.704. The molecule has 0 aliphatic rings. The van der Waals surface area contributed by atoms with E-state index in [0.29, 0.717) is 0 Å². The maximum atomic E-state index is 5.76. The topological polar surface area (TPSA) is 50.9 Å². The minimum atomic E-state index is 0.778. The summed E-state index contributed by atoms with van der Waals surface area (Å²) >= 11 is 1.63. The van der Waals surface area contributed by atoms with Crippen molar-refractivity contribution in [2.75, 3.05) is 11.1 Å². The Morgan fingerprint density at radius 2 is 1.94 bits per heavy atom. The molecular formula is C14H13N3S. The highest BCUT2D eigenvalue weighted by Gasteiger charge is 2.03. The number of nitrogens with one attached hydrogen (secondary N) is 1. The molecule has 1 heterocycles. The number of fused-ring (bicyclic) bond motifs is 1. The van der Waals surface area contributed by atoms with Crippen molar-refractivity contribution in [3.63, 3.8) is 0 Å². The van der Waals surface area contributed by atoms with Gasteiger partial charge in [-0.1, -0.05) is 41.7 Å². The van der Waals surface area contributed by atoms with E-state index in [4.69, 9.17) is 5.73 Å². The first-order valence-electron chi connectivity index (χ1n) is 5.75. The molecule has 4 heteroatoms. The Hall–Kier alpha value is -2.07. The van der Waals surface area contributed by atoms with Crippen molar-refractivity contribution in [1.82, 2.24) is 4.98 Å². The van der Waals surface area contributed by atoms with E-state index in [9.17, 15) is 0 Å². The molecule has 3 aromatic rings. The Labute approximate surface area is 109 Å². The lowest BCUT2D eigenvalue weighted by Gasteiger charge is -2.01. The number of hydrogen-bond acceptors (Lipinski definition) is 4. The fourth-order valence-corrected chi connectivity index (χ4v) is 2.70. The summed E-state index contributed by atoms with van der Waals surface area (Å²) < 4.78 is 1.12. The monoisotopic (exact) mass is 255 g/mol. The van der Waals surface area contributed by atoms with Crippen LogP contribution in [0.25, 0.3) is 10.2 Å². The van der Waals surface area contributed by atoms with E-state index in [1.54, 1.807) is 11.3 Å². The number of nitrogen functional groups attached to an aromatic ring is 1. The van der Waals surface area contributed by atoms with E-state index in [1.807, 2.05) is 36.4 Å². The zero-order valence-electron chi connectivity index (χ0n) is 9.76. The van der Waals surface area contributed by atoms with Gasteiger partial charge >= 0.3 is 0 Å². The summed E-state index contributed by atoms with van der Waals surface area (Å²) in [6.45, 7) is 0.788. The van der Waals surface area contributed by atoms with Gasteiger partial charge in [-0.15, -0.1) is 0 Å². The van der Waals surface area contributed by atoms with Crippen LogP contribution in [0, 0.1) is 0 Å². The third kappa shape index (κ3) is 2.28. The molecule has 0 saturated carbocycles. The van der Waals surface area contributed by atoms with Gasteiger partial charge in [0.2, 0.25) is 0 Å². The van der Waals surface area contributed by atoms with Crippen molar-refractivity contribution in [2.45, 2.75) is 6.54 Å². The zero-order valence-corrected chi connectivity index (χ0v) is 10.6. The van der Waals surface area contributed by atoms with Crippen molar-refractivity contribution in [3.8, 4) is 0 Å². The lowest BCUT2D eigenvalue weighted by Crippen LogP contribution is -1.97. The molecule has 0 atom stereocenters. The number of anilines is 2. The van der Waals surface area contributed by atoms with Crippen LogP contribution >= 0.6 is 11.3 Å². The molecule has 0 aliphatic carbocycles. The van der Waals surface area contributed by atoms with Gasteiger partial charge in [0, 0.05) is 12.2 Å². The second-order valence-electron chi connectivity index (χ2n) is 4.09. The van der Waals surface area contributed by atoms with Crippen LogP contribution < -0.4 is 11.1 Å². The molecule has 0 spiro atoms. The molecule has 3 N–H and O–H groups in total. The average molecular weight is 255 g/mol. The Bertz CT molecular complexity index is 661. The summed E-state index contributed by atoms with van der Waals surface area (Å²) in [6.07, 6.45) is 0. The molecule has 2 aromatic carbocycles. The molecule has 90 valence electrons. The van der Waals surface area contributed by atoms with Gasteiger partial charge < -0.3 is 11.1 Å². The van der Waals surface area contributed by atoms with Crippen LogP contribution in [0.2, 0.25) is 0 Å². The van der Waals surface area contributed by atoms with Crippen molar-refractivity contribution in [3.05, 3.63) is 54.1 Å². The van der Waals surface area contributed by atoms with Gasteiger partial charge in [0.15, 0.2) is 5.13 Å². The standard InChI is InChI=1S/C14H13N3S/c15-11-6-7-12-13(8-11)18-14(17-12)16-9-10-4-2-1-3-5-10/h1-8H,9,15H2,(H,16,17). The number of benzene rings is 2. The average Bonchev–Trinajstić information content (AvgIpc) is 2.79. The van der Waals surface area contributed by atoms with Crippen molar-refractivity contribution < 1.29 is 0 Å². The van der Waals surface area contributed by atoms with E-state index in [2.05, 4.69) is 22.4 Å². The molecule has 0 radical (unpaired) electrons. The summed E-state index contributed by atoms with van der Waals surface area (Å²) in [6, 6.07) is 16.1. The maximum Gasteiger partial charge on any atom is 0.184 e. The van der Waals surface area contributed by atoms with Gasteiger partial charge in [-0.25, -0.2) is 4.98 Å². The third-order valence-electron chi connectivity index (χ3n) is 2.70. The van der Waals surface area contributed by atoms with Gasteiger partial charge in [-0.2, -0.15) is 0 Å². The van der Waals surface area contributed by atoms with Crippen LogP contribution in [0.1, 0.15) is 5.56 Å². The summed E-state index contributed by atoms with van der Waals surface area (Å²) in [5.41, 5.74) is 8.77. The zero-order chi connectivity index (χ0) is 12.4. The molecule has 0 saturated heterocycles. The predicted molar refractivity (Wildman–Crippen MR) is 77.8 cm³/mol. The van der Waals surface area contributed by atoms with E-state index in [0.717, 1.165) is 27.6 Å². The molecule has 18 heavy (non-hydrogen) atoms. The maximum absolute atomic E-state index is 5.76. The van der Waals surface area contributed by atoms with Crippen LogP contribution in [0.4, 0.5) is 10.8 Å². The van der Waals surface area contributed by atoms with E-state index in [1.165, 1.54) is 5.56 Å². The molecule has 0 aliphatic heterocycles. The molecule has 3 rings (SSSR count). The van der Waals surface area contributed by atoms with Gasteiger partial charge in [0.05, 0.1) is 10.2 Å². The highest BCUT2D eigenvalue weighted by molar-refractivity contribution is 7.22. The minimum absolute atomic E-state index is 0.778. The van der Waals surface area contributed by atoms with Gasteiger partial charge in [0.1, 0.15) is 0 Å². The Morgan fingerprint density at radius 3 is 2.78 bits per heavy atom. The Kier molecular flexibility index (Phi) is 2.86. The molecule has 0 bridgehead atoms. The summed E-state index contributed by atoms with van der Waals surface area (Å²) in [7, 11) is 0. The van der Waals surface area contributed by atoms with E-state index in [-0.39, 0.29) is 0 Å². The smallest absolute Gasteiger partial charge is 0.184 e. The normalized spacial score (nSPS) is 10.7. The van der Waals surface area contributed by atoms with E-state index < -0.39 is 0 Å². The fourth-order valence-electron chi connectivity index (χ4n) is 1.79. The Balaban J connectivity index is 1.79. The Morgan fingerprint density at radius 1 is 1.11 bits per heavy atom. The largest absolute Gasteiger partial charge is 0.399 e. The lowest BCUT2D eigenvalue weighted by atomic mass is 10.2. The second-order valence-corrected chi connectivity index (χ2v) is 5.12. The number of rotatable bonds is 3.